The van der Waals surface area contributed by atoms with Crippen molar-refractivity contribution in [1.82, 2.24) is 9.97 Å². The molecule has 1 aromatic heterocycles. The summed E-state index contributed by atoms with van der Waals surface area (Å²) >= 11 is 0. The fraction of sp³-hybridized carbons (Fsp3) is 0.0833. The normalized spacial score (nSPS) is 9.87. The van der Waals surface area contributed by atoms with Gasteiger partial charge in [0.2, 0.25) is 0 Å². The number of Topliss-reactive ketones (excluding diaryl/α,β-unsaturated/α-hetero) is 1. The molecule has 0 aliphatic heterocycles. The standard InChI is InChI=1S/C12H10N2O/c15-12(11-7-13-9-14-8-11)6-10-4-2-1-3-5-10/h1-5,7-9H,6H2. The van der Waals surface area contributed by atoms with E-state index in [9.17, 15) is 4.79 Å². The lowest BCUT2D eigenvalue weighted by Crippen LogP contribution is -2.04. The summed E-state index contributed by atoms with van der Waals surface area (Å²) in [6.07, 6.45) is 4.89. The number of carbonyl (C=O) groups excluding carboxylic acids is 1. The third kappa shape index (κ3) is 2.47. The predicted octanol–water partition coefficient (Wildman–Crippen LogP) is 1.90. The van der Waals surface area contributed by atoms with Gasteiger partial charge in [-0.15, -0.1) is 0 Å². The molecule has 0 bridgehead atoms. The van der Waals surface area contributed by atoms with Gasteiger partial charge in [0, 0.05) is 18.8 Å². The molecule has 0 amide bonds. The van der Waals surface area contributed by atoms with Crippen LogP contribution in [0.15, 0.2) is 49.1 Å². The first kappa shape index (κ1) is 9.52. The van der Waals surface area contributed by atoms with Crippen LogP contribution in [0, 0.1) is 0 Å². The molecule has 3 heteroatoms. The van der Waals surface area contributed by atoms with Crippen LogP contribution in [0.2, 0.25) is 0 Å². The van der Waals surface area contributed by atoms with Crippen LogP contribution in [0.25, 0.3) is 0 Å². The summed E-state index contributed by atoms with van der Waals surface area (Å²) < 4.78 is 0. The lowest BCUT2D eigenvalue weighted by molar-refractivity contribution is 0.0992. The van der Waals surface area contributed by atoms with E-state index in [2.05, 4.69) is 9.97 Å². The molecule has 0 unspecified atom stereocenters. The van der Waals surface area contributed by atoms with Gasteiger partial charge in [-0.1, -0.05) is 30.3 Å². The van der Waals surface area contributed by atoms with E-state index in [1.54, 1.807) is 0 Å². The van der Waals surface area contributed by atoms with Gasteiger partial charge >= 0.3 is 0 Å². The summed E-state index contributed by atoms with van der Waals surface area (Å²) in [4.78, 5) is 19.4. The molecule has 1 heterocycles. The van der Waals surface area contributed by atoms with E-state index in [1.165, 1.54) is 18.7 Å². The minimum Gasteiger partial charge on any atom is -0.294 e. The summed E-state index contributed by atoms with van der Waals surface area (Å²) in [5, 5.41) is 0. The number of hydrogen-bond donors (Lipinski definition) is 0. The molecule has 0 aliphatic rings. The fourth-order valence-corrected chi connectivity index (χ4v) is 1.33. The van der Waals surface area contributed by atoms with Crippen LogP contribution in [-0.4, -0.2) is 15.8 Å². The fourth-order valence-electron chi connectivity index (χ4n) is 1.33. The van der Waals surface area contributed by atoms with Gasteiger partial charge in [0.1, 0.15) is 6.33 Å². The van der Waals surface area contributed by atoms with Crippen molar-refractivity contribution in [3.05, 3.63) is 60.2 Å². The van der Waals surface area contributed by atoms with Gasteiger partial charge in [0.25, 0.3) is 0 Å². The summed E-state index contributed by atoms with van der Waals surface area (Å²) in [5.74, 6) is 0.0433. The molecule has 0 spiro atoms. The highest BCUT2D eigenvalue weighted by Crippen LogP contribution is 2.05. The van der Waals surface area contributed by atoms with Gasteiger partial charge < -0.3 is 0 Å². The van der Waals surface area contributed by atoms with E-state index >= 15 is 0 Å². The van der Waals surface area contributed by atoms with E-state index < -0.39 is 0 Å². The molecular weight excluding hydrogens is 188 g/mol. The zero-order chi connectivity index (χ0) is 10.5. The van der Waals surface area contributed by atoms with Gasteiger partial charge in [0.15, 0.2) is 5.78 Å². The highest BCUT2D eigenvalue weighted by molar-refractivity contribution is 5.96. The smallest absolute Gasteiger partial charge is 0.170 e. The Morgan fingerprint density at radius 3 is 2.40 bits per heavy atom. The Kier molecular flexibility index (Phi) is 2.83. The topological polar surface area (TPSA) is 42.9 Å². The maximum absolute atomic E-state index is 11.7. The third-order valence-electron chi connectivity index (χ3n) is 2.09. The molecule has 0 N–H and O–H groups in total. The summed E-state index contributed by atoms with van der Waals surface area (Å²) in [7, 11) is 0. The predicted molar refractivity (Wildman–Crippen MR) is 56.5 cm³/mol. The van der Waals surface area contributed by atoms with Gasteiger partial charge in [-0.3, -0.25) is 4.79 Å². The Morgan fingerprint density at radius 2 is 1.73 bits per heavy atom. The number of benzene rings is 1. The third-order valence-corrected chi connectivity index (χ3v) is 2.09. The lowest BCUT2D eigenvalue weighted by atomic mass is 10.1. The minimum atomic E-state index is 0.0433. The maximum Gasteiger partial charge on any atom is 0.170 e. The highest BCUT2D eigenvalue weighted by atomic mass is 16.1. The Hall–Kier alpha value is -2.03. The largest absolute Gasteiger partial charge is 0.294 e. The molecule has 0 radical (unpaired) electrons. The second-order valence-corrected chi connectivity index (χ2v) is 3.21. The second kappa shape index (κ2) is 4.46. The van der Waals surface area contributed by atoms with Crippen LogP contribution in [0.3, 0.4) is 0 Å². The van der Waals surface area contributed by atoms with Crippen LogP contribution >= 0.6 is 0 Å². The van der Waals surface area contributed by atoms with Crippen molar-refractivity contribution in [3.63, 3.8) is 0 Å². The molecule has 15 heavy (non-hydrogen) atoms. The average Bonchev–Trinajstić information content (AvgIpc) is 2.31. The molecule has 2 rings (SSSR count). The molecule has 0 aliphatic carbocycles. The van der Waals surface area contributed by atoms with Gasteiger partial charge in [-0.2, -0.15) is 0 Å². The van der Waals surface area contributed by atoms with Crippen LogP contribution in [0.1, 0.15) is 15.9 Å². The van der Waals surface area contributed by atoms with Crippen molar-refractivity contribution in [2.45, 2.75) is 6.42 Å². The monoisotopic (exact) mass is 198 g/mol. The van der Waals surface area contributed by atoms with E-state index in [1.807, 2.05) is 30.3 Å². The first-order valence-corrected chi connectivity index (χ1v) is 4.68. The van der Waals surface area contributed by atoms with Crippen molar-refractivity contribution < 1.29 is 4.79 Å². The van der Waals surface area contributed by atoms with E-state index in [0.717, 1.165) is 5.56 Å². The van der Waals surface area contributed by atoms with Crippen LogP contribution in [0.5, 0.6) is 0 Å². The van der Waals surface area contributed by atoms with Crippen LogP contribution < -0.4 is 0 Å². The number of hydrogen-bond acceptors (Lipinski definition) is 3. The lowest BCUT2D eigenvalue weighted by Gasteiger charge is -1.99. The van der Waals surface area contributed by atoms with Crippen LogP contribution in [0.4, 0.5) is 0 Å². The first-order chi connectivity index (χ1) is 7.36. The number of ketones is 1. The number of rotatable bonds is 3. The Bertz CT molecular complexity index is 440. The first-order valence-electron chi connectivity index (χ1n) is 4.68. The number of carbonyl (C=O) groups is 1. The molecule has 0 fully saturated rings. The molecule has 1 aromatic carbocycles. The molecule has 0 atom stereocenters. The van der Waals surface area contributed by atoms with Gasteiger partial charge in [-0.25, -0.2) is 9.97 Å². The zero-order valence-corrected chi connectivity index (χ0v) is 8.13. The molecule has 0 saturated carbocycles. The SMILES string of the molecule is O=C(Cc1ccccc1)c1cncnc1. The second-order valence-electron chi connectivity index (χ2n) is 3.21. The molecule has 0 saturated heterocycles. The molecule has 2 aromatic rings. The Labute approximate surface area is 87.8 Å². The summed E-state index contributed by atoms with van der Waals surface area (Å²) in [6.45, 7) is 0. The maximum atomic E-state index is 11.7. The Balaban J connectivity index is 2.12. The van der Waals surface area contributed by atoms with Gasteiger partial charge in [0.05, 0.1) is 5.56 Å². The van der Waals surface area contributed by atoms with Crippen molar-refractivity contribution in [2.75, 3.05) is 0 Å². The molecular formula is C12H10N2O. The van der Waals surface area contributed by atoms with E-state index in [0.29, 0.717) is 12.0 Å². The average molecular weight is 198 g/mol. The van der Waals surface area contributed by atoms with Crippen molar-refractivity contribution in [2.24, 2.45) is 0 Å². The zero-order valence-electron chi connectivity index (χ0n) is 8.13. The summed E-state index contributed by atoms with van der Waals surface area (Å²) in [6, 6.07) is 9.64. The summed E-state index contributed by atoms with van der Waals surface area (Å²) in [5.41, 5.74) is 1.56. The van der Waals surface area contributed by atoms with Crippen molar-refractivity contribution >= 4 is 5.78 Å². The quantitative estimate of drug-likeness (QED) is 0.707. The van der Waals surface area contributed by atoms with Crippen LogP contribution in [-0.2, 0) is 6.42 Å². The number of nitrogens with zero attached hydrogens (tertiary/aromatic N) is 2. The van der Waals surface area contributed by atoms with Crippen molar-refractivity contribution in [1.29, 1.82) is 0 Å². The molecule has 74 valence electrons. The minimum absolute atomic E-state index is 0.0433. The van der Waals surface area contributed by atoms with E-state index in [-0.39, 0.29) is 5.78 Å². The van der Waals surface area contributed by atoms with Gasteiger partial charge in [-0.05, 0) is 5.56 Å². The molecule has 3 nitrogen and oxygen atoms in total. The van der Waals surface area contributed by atoms with Crippen molar-refractivity contribution in [3.8, 4) is 0 Å². The highest BCUT2D eigenvalue weighted by Gasteiger charge is 2.06. The number of aromatic nitrogens is 2. The Morgan fingerprint density at radius 1 is 1.07 bits per heavy atom. The van der Waals surface area contributed by atoms with E-state index in [4.69, 9.17) is 0 Å².